The van der Waals surface area contributed by atoms with E-state index in [-0.39, 0.29) is 34.4 Å². The Balaban J connectivity index is 1.33. The first-order valence-electron chi connectivity index (χ1n) is 15.3. The van der Waals surface area contributed by atoms with Gasteiger partial charge in [-0.1, -0.05) is 59.2 Å². The molecule has 11 atom stereocenters. The number of aliphatic hydroxyl groups excluding tert-OH is 2. The third-order valence-electron chi connectivity index (χ3n) is 12.9. The molecule has 0 saturated heterocycles. The van der Waals surface area contributed by atoms with Crippen LogP contribution in [0.2, 0.25) is 0 Å². The Labute approximate surface area is 231 Å². The van der Waals surface area contributed by atoms with Gasteiger partial charge in [0.1, 0.15) is 0 Å². The zero-order valence-electron chi connectivity index (χ0n) is 24.2. The van der Waals surface area contributed by atoms with Crippen molar-refractivity contribution in [2.24, 2.45) is 51.8 Å². The number of aliphatic hydroxyl groups is 2. The Kier molecular flexibility index (Phi) is 7.63. The van der Waals surface area contributed by atoms with Gasteiger partial charge in [-0.15, -0.1) is 0 Å². The van der Waals surface area contributed by atoms with Gasteiger partial charge in [-0.25, -0.2) is 13.1 Å². The fourth-order valence-corrected chi connectivity index (χ4v) is 11.7. The van der Waals surface area contributed by atoms with E-state index in [0.717, 1.165) is 38.5 Å². The van der Waals surface area contributed by atoms with Gasteiger partial charge in [0.2, 0.25) is 10.0 Å². The van der Waals surface area contributed by atoms with Crippen molar-refractivity contribution in [2.45, 2.75) is 110 Å². The maximum atomic E-state index is 12.7. The predicted octanol–water partition coefficient (Wildman–Crippen LogP) is 6.01. The van der Waals surface area contributed by atoms with E-state index < -0.39 is 10.0 Å². The minimum atomic E-state index is -3.48. The number of hydrogen-bond acceptors (Lipinski definition) is 4. The van der Waals surface area contributed by atoms with Gasteiger partial charge >= 0.3 is 0 Å². The monoisotopic (exact) mass is 545 g/mol. The maximum Gasteiger partial charge on any atom is 0.240 e. The molecule has 4 saturated carbocycles. The highest BCUT2D eigenvalue weighted by molar-refractivity contribution is 7.89. The third-order valence-corrected chi connectivity index (χ3v) is 14.4. The van der Waals surface area contributed by atoms with Crippen molar-refractivity contribution >= 4 is 10.0 Å². The minimum Gasteiger partial charge on any atom is -0.393 e. The molecule has 6 heteroatoms. The van der Waals surface area contributed by atoms with E-state index in [0.29, 0.717) is 41.0 Å². The second kappa shape index (κ2) is 10.2. The average Bonchev–Trinajstić information content (AvgIpc) is 3.23. The van der Waals surface area contributed by atoms with E-state index in [1.165, 1.54) is 19.3 Å². The lowest BCUT2D eigenvalue weighted by Gasteiger charge is -2.70. The topological polar surface area (TPSA) is 86.6 Å². The van der Waals surface area contributed by atoms with Crippen molar-refractivity contribution in [2.75, 3.05) is 6.54 Å². The summed E-state index contributed by atoms with van der Waals surface area (Å²) in [6.45, 7) is 12.5. The van der Waals surface area contributed by atoms with E-state index in [1.807, 2.05) is 6.07 Å². The van der Waals surface area contributed by atoms with E-state index in [9.17, 15) is 18.6 Å². The van der Waals surface area contributed by atoms with Crippen LogP contribution in [0.15, 0.2) is 35.2 Å². The molecule has 0 amide bonds. The Bertz CT molecular complexity index is 1090. The summed E-state index contributed by atoms with van der Waals surface area (Å²) in [5.74, 6) is 2.43. The average molecular weight is 546 g/mol. The summed E-state index contributed by atoms with van der Waals surface area (Å²) in [6, 6.07) is 8.63. The molecule has 3 N–H and O–H groups in total. The van der Waals surface area contributed by atoms with Gasteiger partial charge in [0.25, 0.3) is 0 Å². The molecule has 0 spiro atoms. The highest BCUT2D eigenvalue weighted by atomic mass is 32.2. The molecular weight excluding hydrogens is 494 g/mol. The van der Waals surface area contributed by atoms with E-state index in [4.69, 9.17) is 0 Å². The van der Waals surface area contributed by atoms with Crippen LogP contribution >= 0.6 is 0 Å². The zero-order chi connectivity index (χ0) is 27.5. The van der Waals surface area contributed by atoms with Crippen LogP contribution in [0.4, 0.5) is 0 Å². The van der Waals surface area contributed by atoms with Crippen molar-refractivity contribution in [1.82, 2.24) is 4.72 Å². The summed E-state index contributed by atoms with van der Waals surface area (Å²) < 4.78 is 28.3. The molecule has 5 unspecified atom stereocenters. The Morgan fingerprint density at radius 3 is 2.37 bits per heavy atom. The predicted molar refractivity (Wildman–Crippen MR) is 152 cm³/mol. The van der Waals surface area contributed by atoms with Gasteiger partial charge in [-0.05, 0) is 115 Å². The summed E-state index contributed by atoms with van der Waals surface area (Å²) in [5, 5.41) is 22.6. The van der Waals surface area contributed by atoms with Gasteiger partial charge in [0.15, 0.2) is 0 Å². The summed E-state index contributed by atoms with van der Waals surface area (Å²) in [4.78, 5) is 0.325. The molecule has 4 fully saturated rings. The zero-order valence-corrected chi connectivity index (χ0v) is 25.0. The normalized spacial score (nSPS) is 45.6. The first-order chi connectivity index (χ1) is 17.9. The number of benzene rings is 1. The number of fused-ring (bicyclic) bond motifs is 5. The van der Waals surface area contributed by atoms with Crippen molar-refractivity contribution in [3.63, 3.8) is 0 Å². The Hall–Kier alpha value is -0.950. The van der Waals surface area contributed by atoms with Crippen molar-refractivity contribution in [3.05, 3.63) is 30.3 Å². The van der Waals surface area contributed by atoms with E-state index in [1.54, 1.807) is 24.3 Å². The molecule has 1 aromatic rings. The van der Waals surface area contributed by atoms with Gasteiger partial charge in [-0.2, -0.15) is 0 Å². The van der Waals surface area contributed by atoms with Crippen molar-refractivity contribution in [3.8, 4) is 0 Å². The van der Waals surface area contributed by atoms with Crippen LogP contribution in [-0.2, 0) is 10.0 Å². The molecule has 5 rings (SSSR count). The number of nitrogens with one attached hydrogen (secondary N) is 1. The Morgan fingerprint density at radius 1 is 0.974 bits per heavy atom. The van der Waals surface area contributed by atoms with E-state index in [2.05, 4.69) is 39.3 Å². The van der Waals surface area contributed by atoms with Gasteiger partial charge in [0.05, 0.1) is 17.1 Å². The number of sulfonamides is 1. The van der Waals surface area contributed by atoms with Crippen LogP contribution < -0.4 is 4.72 Å². The van der Waals surface area contributed by atoms with Crippen LogP contribution in [0.3, 0.4) is 0 Å². The van der Waals surface area contributed by atoms with Crippen molar-refractivity contribution in [1.29, 1.82) is 0 Å². The molecule has 0 aromatic heterocycles. The van der Waals surface area contributed by atoms with Crippen LogP contribution in [0, 0.1) is 51.8 Å². The standard InChI is InChI=1S/C32H51NO4S/c1-6-24-27-20-22(34)14-16-31(27,4)32(5)18-17-30(3)25(12-13-26(30)28(32)29(24)35)21(2)15-19-33-38(36,37)23-10-8-7-9-11-23/h7-11,21-22,24-29,33-35H,6,12-20H2,1-5H3/t21-,22-,24-,25?,26+,27?,28?,29-,30?,31?,32+/m1/s1. The molecule has 4 aliphatic rings. The smallest absolute Gasteiger partial charge is 0.240 e. The molecular formula is C32H51NO4S. The van der Waals surface area contributed by atoms with Gasteiger partial charge in [0, 0.05) is 6.54 Å². The van der Waals surface area contributed by atoms with Gasteiger partial charge < -0.3 is 10.2 Å². The molecule has 0 radical (unpaired) electrons. The van der Waals surface area contributed by atoms with Gasteiger partial charge in [-0.3, -0.25) is 0 Å². The molecule has 214 valence electrons. The molecule has 0 heterocycles. The first kappa shape index (κ1) is 28.6. The van der Waals surface area contributed by atoms with Crippen LogP contribution in [0.1, 0.15) is 92.4 Å². The molecule has 4 aliphatic carbocycles. The Morgan fingerprint density at radius 2 is 1.68 bits per heavy atom. The lowest BCUT2D eigenvalue weighted by Crippen LogP contribution is -2.67. The maximum absolute atomic E-state index is 12.7. The number of rotatable bonds is 7. The van der Waals surface area contributed by atoms with Crippen LogP contribution in [-0.4, -0.2) is 37.4 Å². The van der Waals surface area contributed by atoms with Crippen LogP contribution in [0.5, 0.6) is 0 Å². The summed E-state index contributed by atoms with van der Waals surface area (Å²) in [5.41, 5.74) is 0.437. The molecule has 5 nitrogen and oxygen atoms in total. The minimum absolute atomic E-state index is 0.0938. The quantitative estimate of drug-likeness (QED) is 0.392. The molecule has 1 aromatic carbocycles. The van der Waals surface area contributed by atoms with Crippen molar-refractivity contribution < 1.29 is 18.6 Å². The van der Waals surface area contributed by atoms with Crippen LogP contribution in [0.25, 0.3) is 0 Å². The first-order valence-corrected chi connectivity index (χ1v) is 16.8. The summed E-state index contributed by atoms with van der Waals surface area (Å²) >= 11 is 0. The lowest BCUT2D eigenvalue weighted by atomic mass is 9.35. The fourth-order valence-electron chi connectivity index (χ4n) is 10.6. The SMILES string of the molecule is CC[C@@H]1C2C[C@H](O)CCC2(C)[C@@]2(C)CCC3(C)C([C@H](C)CCNS(=O)(=O)c4ccccc4)CC[C@H]3C2[C@@H]1O. The largest absolute Gasteiger partial charge is 0.393 e. The number of hydrogen-bond donors (Lipinski definition) is 3. The second-order valence-corrected chi connectivity index (χ2v) is 16.0. The summed E-state index contributed by atoms with van der Waals surface area (Å²) in [6.07, 6.45) is 8.75. The highest BCUT2D eigenvalue weighted by Crippen LogP contribution is 2.74. The lowest BCUT2D eigenvalue weighted by molar-refractivity contribution is -0.248. The molecule has 0 bridgehead atoms. The highest BCUT2D eigenvalue weighted by Gasteiger charge is 2.69. The van der Waals surface area contributed by atoms with E-state index >= 15 is 0 Å². The molecule has 0 aliphatic heterocycles. The summed E-state index contributed by atoms with van der Waals surface area (Å²) in [7, 11) is -3.48. The second-order valence-electron chi connectivity index (χ2n) is 14.2. The fraction of sp³-hybridized carbons (Fsp3) is 0.812. The molecule has 38 heavy (non-hydrogen) atoms. The third kappa shape index (κ3) is 4.31.